The average Bonchev–Trinajstić information content (AvgIpc) is 2.39. The number of hydrogen-bond donors (Lipinski definition) is 1. The van der Waals surface area contributed by atoms with Crippen LogP contribution in [0.3, 0.4) is 0 Å². The van der Waals surface area contributed by atoms with Crippen molar-refractivity contribution in [1.29, 1.82) is 0 Å². The third-order valence-electron chi connectivity index (χ3n) is 2.63. The number of benzene rings is 1. The molecule has 0 aliphatic carbocycles. The molecule has 0 radical (unpaired) electrons. The Hall–Kier alpha value is -1.66. The Morgan fingerprint density at radius 2 is 2.11 bits per heavy atom. The topological polar surface area (TPSA) is 59.0 Å². The Morgan fingerprint density at radius 1 is 1.37 bits per heavy atom. The van der Waals surface area contributed by atoms with Gasteiger partial charge in [-0.3, -0.25) is 0 Å². The van der Waals surface area contributed by atoms with Gasteiger partial charge in [0.05, 0.1) is 6.61 Å². The van der Waals surface area contributed by atoms with Gasteiger partial charge in [0, 0.05) is 24.6 Å². The highest BCUT2D eigenvalue weighted by molar-refractivity contribution is 7.97. The van der Waals surface area contributed by atoms with Gasteiger partial charge in [-0.25, -0.2) is 4.79 Å². The van der Waals surface area contributed by atoms with Gasteiger partial charge in [0.2, 0.25) is 0 Å². The van der Waals surface area contributed by atoms with Crippen LogP contribution < -0.4 is 0 Å². The third kappa shape index (κ3) is 2.85. The highest BCUT2D eigenvalue weighted by Crippen LogP contribution is 2.38. The molecule has 0 saturated heterocycles. The lowest BCUT2D eigenvalue weighted by Crippen LogP contribution is -2.25. The van der Waals surface area contributed by atoms with Crippen molar-refractivity contribution < 1.29 is 19.4 Å². The summed E-state index contributed by atoms with van der Waals surface area (Å²) in [6, 6.07) is 7.36. The molecular formula is C13H15NO4S. The van der Waals surface area contributed by atoms with Crippen LogP contribution in [0.4, 0.5) is 0 Å². The van der Waals surface area contributed by atoms with Crippen molar-refractivity contribution in [3.05, 3.63) is 35.5 Å². The molecule has 102 valence electrons. The van der Waals surface area contributed by atoms with Gasteiger partial charge in [-0.1, -0.05) is 12.1 Å². The molecule has 1 aliphatic rings. The monoisotopic (exact) mass is 281 g/mol. The summed E-state index contributed by atoms with van der Waals surface area (Å²) in [5, 5.41) is 10.2. The summed E-state index contributed by atoms with van der Waals surface area (Å²) in [4.78, 5) is 12.9. The van der Waals surface area contributed by atoms with Crippen LogP contribution in [0.1, 0.15) is 5.56 Å². The molecule has 0 bridgehead atoms. The van der Waals surface area contributed by atoms with Crippen molar-refractivity contribution in [2.24, 2.45) is 0 Å². The second-order valence-corrected chi connectivity index (χ2v) is 5.08. The summed E-state index contributed by atoms with van der Waals surface area (Å²) in [5.41, 5.74) is 0.795. The maximum Gasteiger partial charge on any atom is 0.359 e. The molecule has 1 heterocycles. The van der Waals surface area contributed by atoms with E-state index in [0.717, 1.165) is 4.90 Å². The number of aliphatic hydroxyl groups excluding tert-OH is 1. The fraction of sp³-hybridized carbons (Fsp3) is 0.308. The van der Waals surface area contributed by atoms with Gasteiger partial charge in [0.15, 0.2) is 11.5 Å². The molecule has 0 saturated carbocycles. The molecule has 1 aromatic rings. The number of fused-ring (bicyclic) bond motifs is 1. The number of aliphatic hydroxyl groups is 1. The van der Waals surface area contributed by atoms with Gasteiger partial charge in [-0.2, -0.15) is 0 Å². The number of ether oxygens (including phenoxy) is 2. The Bertz CT molecular complexity index is 515. The number of rotatable bonds is 4. The average molecular weight is 281 g/mol. The highest BCUT2D eigenvalue weighted by Gasteiger charge is 2.29. The smallest absolute Gasteiger partial charge is 0.359 e. The normalized spacial score (nSPS) is 14.3. The van der Waals surface area contributed by atoms with Crippen LogP contribution in [0.15, 0.2) is 34.9 Å². The summed E-state index contributed by atoms with van der Waals surface area (Å²) < 4.78 is 11.5. The number of likely N-dealkylation sites (N-methyl/N-ethyl adjacent to an activating group) is 1. The van der Waals surface area contributed by atoms with Crippen molar-refractivity contribution in [2.45, 2.75) is 4.90 Å². The van der Waals surface area contributed by atoms with Crippen molar-refractivity contribution in [2.75, 3.05) is 27.4 Å². The van der Waals surface area contributed by atoms with Crippen LogP contribution in [-0.2, 0) is 14.3 Å². The van der Waals surface area contributed by atoms with E-state index < -0.39 is 5.97 Å². The van der Waals surface area contributed by atoms with Crippen LogP contribution in [0.25, 0.3) is 5.76 Å². The molecule has 5 nitrogen and oxygen atoms in total. The predicted octanol–water partition coefficient (Wildman–Crippen LogP) is 2.06. The zero-order valence-electron chi connectivity index (χ0n) is 10.8. The van der Waals surface area contributed by atoms with Gasteiger partial charge in [-0.05, 0) is 24.1 Å². The first kappa shape index (κ1) is 13.8. The number of methoxy groups -OCH3 is 1. The standard InChI is InChI=1S/C13H15NO4S/c1-14-11(13(16)18-8-7-17-2)12(15)9-5-3-4-6-10(9)19-14/h3-6,15H,7-8H2,1-2H3. The summed E-state index contributed by atoms with van der Waals surface area (Å²) >= 11 is 1.37. The lowest BCUT2D eigenvalue weighted by molar-refractivity contribution is -0.141. The molecule has 1 N–H and O–H groups in total. The molecule has 6 heteroatoms. The van der Waals surface area contributed by atoms with E-state index in [9.17, 15) is 9.90 Å². The molecule has 1 aliphatic heterocycles. The summed E-state index contributed by atoms with van der Waals surface area (Å²) in [7, 11) is 3.24. The Morgan fingerprint density at radius 3 is 2.84 bits per heavy atom. The minimum Gasteiger partial charge on any atom is -0.505 e. The number of carbonyl (C=O) groups is 1. The Kier molecular flexibility index (Phi) is 4.34. The van der Waals surface area contributed by atoms with Crippen LogP contribution >= 0.6 is 11.9 Å². The summed E-state index contributed by atoms with van der Waals surface area (Å²) in [6.45, 7) is 0.486. The highest BCUT2D eigenvalue weighted by atomic mass is 32.2. The van der Waals surface area contributed by atoms with Crippen LogP contribution in [-0.4, -0.2) is 42.8 Å². The minimum atomic E-state index is -0.556. The maximum absolute atomic E-state index is 12.0. The largest absolute Gasteiger partial charge is 0.505 e. The van der Waals surface area contributed by atoms with Crippen LogP contribution in [0.5, 0.6) is 0 Å². The molecule has 2 rings (SSSR count). The molecule has 0 atom stereocenters. The zero-order valence-corrected chi connectivity index (χ0v) is 11.6. The summed E-state index contributed by atoms with van der Waals surface area (Å²) in [5.74, 6) is -0.613. The first-order chi connectivity index (χ1) is 9.15. The van der Waals surface area contributed by atoms with Gasteiger partial charge in [-0.15, -0.1) is 0 Å². The van der Waals surface area contributed by atoms with E-state index in [1.54, 1.807) is 17.4 Å². The quantitative estimate of drug-likeness (QED) is 0.518. The molecule has 1 aromatic carbocycles. The lowest BCUT2D eigenvalue weighted by Gasteiger charge is -2.26. The molecule has 0 unspecified atom stereocenters. The zero-order chi connectivity index (χ0) is 13.8. The van der Waals surface area contributed by atoms with Crippen LogP contribution in [0, 0.1) is 0 Å². The van der Waals surface area contributed by atoms with Crippen molar-refractivity contribution in [1.82, 2.24) is 4.31 Å². The van der Waals surface area contributed by atoms with Crippen molar-refractivity contribution >= 4 is 23.7 Å². The number of nitrogens with zero attached hydrogens (tertiary/aromatic N) is 1. The van der Waals surface area contributed by atoms with Crippen LogP contribution in [0.2, 0.25) is 0 Å². The van der Waals surface area contributed by atoms with E-state index in [-0.39, 0.29) is 18.1 Å². The SMILES string of the molecule is COCCOC(=O)C1=C(O)c2ccccc2SN1C. The maximum atomic E-state index is 12.0. The molecule has 0 spiro atoms. The first-order valence-electron chi connectivity index (χ1n) is 5.75. The van der Waals surface area contributed by atoms with E-state index in [1.807, 2.05) is 18.2 Å². The second kappa shape index (κ2) is 5.99. The molecule has 0 fully saturated rings. The van der Waals surface area contributed by atoms with Gasteiger partial charge in [0.25, 0.3) is 0 Å². The molecule has 19 heavy (non-hydrogen) atoms. The van der Waals surface area contributed by atoms with E-state index in [2.05, 4.69) is 0 Å². The van der Waals surface area contributed by atoms with E-state index in [0.29, 0.717) is 12.2 Å². The van der Waals surface area contributed by atoms with E-state index >= 15 is 0 Å². The third-order valence-corrected chi connectivity index (χ3v) is 3.64. The molecule has 0 aromatic heterocycles. The lowest BCUT2D eigenvalue weighted by atomic mass is 10.1. The number of carbonyl (C=O) groups excluding carboxylic acids is 1. The fourth-order valence-corrected chi connectivity index (χ4v) is 2.67. The second-order valence-electron chi connectivity index (χ2n) is 3.91. The first-order valence-corrected chi connectivity index (χ1v) is 6.53. The van der Waals surface area contributed by atoms with Crippen molar-refractivity contribution in [3.63, 3.8) is 0 Å². The fourth-order valence-electron chi connectivity index (χ4n) is 1.72. The number of esters is 1. The molecular weight excluding hydrogens is 266 g/mol. The Labute approximate surface area is 115 Å². The summed E-state index contributed by atoms with van der Waals surface area (Å²) in [6.07, 6.45) is 0. The van der Waals surface area contributed by atoms with E-state index in [4.69, 9.17) is 9.47 Å². The van der Waals surface area contributed by atoms with E-state index in [1.165, 1.54) is 19.1 Å². The molecule has 0 amide bonds. The number of hydrogen-bond acceptors (Lipinski definition) is 6. The van der Waals surface area contributed by atoms with Gasteiger partial charge in [0.1, 0.15) is 6.61 Å². The predicted molar refractivity (Wildman–Crippen MR) is 72.4 cm³/mol. The van der Waals surface area contributed by atoms with Gasteiger partial charge >= 0.3 is 5.97 Å². The minimum absolute atomic E-state index is 0.0562. The Balaban J connectivity index is 2.26. The van der Waals surface area contributed by atoms with Gasteiger partial charge < -0.3 is 18.9 Å². The van der Waals surface area contributed by atoms with Crippen molar-refractivity contribution in [3.8, 4) is 0 Å².